The number of thioether (sulfide) groups is 2. The van der Waals surface area contributed by atoms with Gasteiger partial charge >= 0.3 is 11.9 Å². The fraction of sp³-hybridized carbons (Fsp3) is 0.208. The van der Waals surface area contributed by atoms with Crippen LogP contribution in [0.5, 0.6) is 0 Å². The van der Waals surface area contributed by atoms with E-state index in [-0.39, 0.29) is 23.6 Å². The molecule has 0 aromatic heterocycles. The van der Waals surface area contributed by atoms with E-state index in [0.717, 1.165) is 11.1 Å². The van der Waals surface area contributed by atoms with Crippen molar-refractivity contribution >= 4 is 41.4 Å². The van der Waals surface area contributed by atoms with Crippen molar-refractivity contribution in [2.45, 2.75) is 17.5 Å². The Kier molecular flexibility index (Phi) is 6.01. The van der Waals surface area contributed by atoms with Crippen LogP contribution >= 0.6 is 23.5 Å². The van der Waals surface area contributed by atoms with Gasteiger partial charge in [0, 0.05) is 21.6 Å². The van der Waals surface area contributed by atoms with Gasteiger partial charge in [-0.1, -0.05) is 72.4 Å². The molecule has 0 bridgehead atoms. The maximum absolute atomic E-state index is 13.6. The molecule has 3 aliphatic rings. The number of ether oxygens (including phenoxy) is 2. The molecule has 1 saturated heterocycles. The first-order chi connectivity index (χ1) is 16.0. The third kappa shape index (κ3) is 4.19. The van der Waals surface area contributed by atoms with E-state index in [0.29, 0.717) is 15.6 Å². The van der Waals surface area contributed by atoms with Crippen LogP contribution in [0.3, 0.4) is 0 Å². The summed E-state index contributed by atoms with van der Waals surface area (Å²) < 4.78 is 11.0. The van der Waals surface area contributed by atoms with Crippen LogP contribution in [0.4, 0.5) is 0 Å². The van der Waals surface area contributed by atoms with Gasteiger partial charge in [-0.2, -0.15) is 0 Å². The Morgan fingerprint density at radius 3 is 2.30 bits per heavy atom. The van der Waals surface area contributed by atoms with Crippen molar-refractivity contribution < 1.29 is 23.9 Å². The number of nitrogens with two attached hydrogens (primary N) is 1. The summed E-state index contributed by atoms with van der Waals surface area (Å²) in [5.41, 5.74) is 7.80. The van der Waals surface area contributed by atoms with Crippen molar-refractivity contribution in [2.24, 2.45) is 5.73 Å². The third-order valence-corrected chi connectivity index (χ3v) is 8.05. The van der Waals surface area contributed by atoms with Crippen molar-refractivity contribution in [1.29, 1.82) is 0 Å². The minimum absolute atomic E-state index is 0.146. The second-order valence-corrected chi connectivity index (χ2v) is 9.96. The molecule has 5 rings (SSSR count). The smallest absolute Gasteiger partial charge is 0.356 e. The van der Waals surface area contributed by atoms with Gasteiger partial charge in [0.25, 0.3) is 0 Å². The van der Waals surface area contributed by atoms with Crippen molar-refractivity contribution in [3.8, 4) is 0 Å². The molecule has 2 aromatic carbocycles. The monoisotopic (exact) mass is 480 g/mol. The van der Waals surface area contributed by atoms with E-state index >= 15 is 0 Å². The van der Waals surface area contributed by atoms with E-state index < -0.39 is 24.1 Å². The van der Waals surface area contributed by atoms with Crippen LogP contribution in [-0.4, -0.2) is 46.5 Å². The van der Waals surface area contributed by atoms with E-state index in [1.54, 1.807) is 0 Å². The Labute approximate surface area is 199 Å². The lowest BCUT2D eigenvalue weighted by molar-refractivity contribution is -0.152. The average Bonchev–Trinajstić information content (AvgIpc) is 3.27. The Bertz CT molecular complexity index is 1130. The molecule has 7 nitrogen and oxygen atoms in total. The molecule has 0 unspecified atom stereocenters. The number of rotatable bonds is 6. The predicted octanol–water partition coefficient (Wildman–Crippen LogP) is 2.95. The van der Waals surface area contributed by atoms with Crippen LogP contribution < -0.4 is 5.73 Å². The number of fused-ring (bicyclic) bond motifs is 1. The number of carbonyl (C=O) groups is 3. The first kappa shape index (κ1) is 21.8. The molecule has 3 heterocycles. The van der Waals surface area contributed by atoms with Crippen LogP contribution in [0.15, 0.2) is 82.2 Å². The fourth-order valence-corrected chi connectivity index (χ4v) is 6.33. The lowest BCUT2D eigenvalue weighted by atomic mass is 10.0. The summed E-state index contributed by atoms with van der Waals surface area (Å²) >= 11 is 2.76. The van der Waals surface area contributed by atoms with Gasteiger partial charge in [-0.05, 0) is 11.1 Å². The second kappa shape index (κ2) is 9.09. The summed E-state index contributed by atoms with van der Waals surface area (Å²) in [7, 11) is 0. The van der Waals surface area contributed by atoms with Gasteiger partial charge < -0.3 is 15.2 Å². The minimum Gasteiger partial charge on any atom is -0.457 e. The number of amides is 1. The van der Waals surface area contributed by atoms with Gasteiger partial charge in [0.05, 0.1) is 0 Å². The SMILES string of the molecule is N[C@@H]1C(=O)N2C(C(=O)OC(c3ccccc3)c3ccccc3)=C(SC3=CC(=O)OC3)CS[C@H]12. The van der Waals surface area contributed by atoms with Crippen molar-refractivity contribution in [3.63, 3.8) is 0 Å². The van der Waals surface area contributed by atoms with E-state index in [1.165, 1.54) is 34.5 Å². The summed E-state index contributed by atoms with van der Waals surface area (Å²) in [6.07, 6.45) is 0.755. The average molecular weight is 481 g/mol. The Morgan fingerprint density at radius 1 is 1.09 bits per heavy atom. The number of esters is 2. The summed E-state index contributed by atoms with van der Waals surface area (Å²) in [4.78, 5) is 40.4. The van der Waals surface area contributed by atoms with Crippen molar-refractivity contribution in [3.05, 3.63) is 93.4 Å². The molecular weight excluding hydrogens is 460 g/mol. The van der Waals surface area contributed by atoms with Crippen LogP contribution in [0.2, 0.25) is 0 Å². The Balaban J connectivity index is 1.50. The largest absolute Gasteiger partial charge is 0.457 e. The highest BCUT2D eigenvalue weighted by Gasteiger charge is 2.52. The zero-order valence-corrected chi connectivity index (χ0v) is 19.0. The maximum Gasteiger partial charge on any atom is 0.356 e. The molecule has 2 atom stereocenters. The van der Waals surface area contributed by atoms with Gasteiger partial charge in [0.1, 0.15) is 23.7 Å². The molecule has 33 heavy (non-hydrogen) atoms. The third-order valence-electron chi connectivity index (χ3n) is 5.49. The first-order valence-corrected chi connectivity index (χ1v) is 12.2. The summed E-state index contributed by atoms with van der Waals surface area (Å²) in [6.45, 7) is 0.146. The molecule has 0 saturated carbocycles. The molecule has 0 aliphatic carbocycles. The van der Waals surface area contributed by atoms with Crippen LogP contribution in [0.25, 0.3) is 0 Å². The van der Waals surface area contributed by atoms with Crippen molar-refractivity contribution in [2.75, 3.05) is 12.4 Å². The minimum atomic E-state index is -0.654. The number of nitrogens with zero attached hydrogens (tertiary/aromatic N) is 1. The van der Waals surface area contributed by atoms with Gasteiger partial charge in [0.15, 0.2) is 6.10 Å². The van der Waals surface area contributed by atoms with Crippen LogP contribution in [0, 0.1) is 0 Å². The number of hydrogen-bond acceptors (Lipinski definition) is 8. The summed E-state index contributed by atoms with van der Waals surface area (Å²) in [5.74, 6) is -0.865. The molecule has 1 fully saturated rings. The summed E-state index contributed by atoms with van der Waals surface area (Å²) in [6, 6.07) is 18.2. The van der Waals surface area contributed by atoms with Gasteiger partial charge in [-0.25, -0.2) is 9.59 Å². The van der Waals surface area contributed by atoms with Crippen molar-refractivity contribution in [1.82, 2.24) is 4.90 Å². The molecule has 3 aliphatic heterocycles. The Hall–Kier alpha value is -3.01. The summed E-state index contributed by atoms with van der Waals surface area (Å²) in [5, 5.41) is -0.313. The molecule has 2 N–H and O–H groups in total. The van der Waals surface area contributed by atoms with E-state index in [1.807, 2.05) is 60.7 Å². The van der Waals surface area contributed by atoms with Crippen LogP contribution in [0.1, 0.15) is 17.2 Å². The highest BCUT2D eigenvalue weighted by Crippen LogP contribution is 2.45. The van der Waals surface area contributed by atoms with Gasteiger partial charge in [-0.15, -0.1) is 11.8 Å². The molecule has 1 amide bonds. The zero-order valence-electron chi connectivity index (χ0n) is 17.4. The molecule has 0 radical (unpaired) electrons. The standard InChI is InChI=1S/C24H20N2O5S2/c25-19-22(28)26-20(17(13-32-23(19)26)33-16-11-18(27)30-12-16)24(29)31-21(14-7-3-1-4-8-14)15-9-5-2-6-10-15/h1-11,19,21,23H,12-13,25H2/t19-,23-/m1/s1. The molecule has 0 spiro atoms. The zero-order chi connectivity index (χ0) is 22.9. The number of cyclic esters (lactones) is 1. The van der Waals surface area contributed by atoms with Crippen LogP contribution in [-0.2, 0) is 23.9 Å². The number of hydrogen-bond donors (Lipinski definition) is 1. The topological polar surface area (TPSA) is 98.9 Å². The number of β-lactam (4-membered cyclic amide) rings is 1. The highest BCUT2D eigenvalue weighted by atomic mass is 32.2. The highest BCUT2D eigenvalue weighted by molar-refractivity contribution is 8.09. The van der Waals surface area contributed by atoms with Gasteiger partial charge in [0.2, 0.25) is 5.91 Å². The molecule has 9 heteroatoms. The quantitative estimate of drug-likeness (QED) is 0.498. The number of carbonyl (C=O) groups excluding carboxylic acids is 3. The maximum atomic E-state index is 13.6. The fourth-order valence-electron chi connectivity index (χ4n) is 3.88. The first-order valence-electron chi connectivity index (χ1n) is 10.3. The Morgan fingerprint density at radius 2 is 1.73 bits per heavy atom. The van der Waals surface area contributed by atoms with Gasteiger partial charge in [-0.3, -0.25) is 9.69 Å². The normalized spacial score (nSPS) is 22.0. The molecule has 2 aromatic rings. The molecule has 168 valence electrons. The predicted molar refractivity (Wildman–Crippen MR) is 126 cm³/mol. The second-order valence-electron chi connectivity index (χ2n) is 7.63. The van der Waals surface area contributed by atoms with E-state index in [4.69, 9.17) is 15.2 Å². The lowest BCUT2D eigenvalue weighted by Gasteiger charge is -2.48. The van der Waals surface area contributed by atoms with E-state index in [9.17, 15) is 14.4 Å². The van der Waals surface area contributed by atoms with E-state index in [2.05, 4.69) is 0 Å². The molecular formula is C24H20N2O5S2. The number of benzene rings is 2. The lowest BCUT2D eigenvalue weighted by Crippen LogP contribution is -2.68.